The van der Waals surface area contributed by atoms with E-state index in [-0.39, 0.29) is 11.4 Å². The second kappa shape index (κ2) is 6.69. The predicted octanol–water partition coefficient (Wildman–Crippen LogP) is 2.37. The Kier molecular flexibility index (Phi) is 4.93. The van der Waals surface area contributed by atoms with E-state index in [1.54, 1.807) is 30.3 Å². The van der Waals surface area contributed by atoms with Crippen LogP contribution in [-0.2, 0) is 10.0 Å². The van der Waals surface area contributed by atoms with Crippen LogP contribution in [0, 0.1) is 5.82 Å². The molecule has 2 N–H and O–H groups in total. The molecule has 0 heterocycles. The first-order chi connectivity index (χ1) is 10.1. The Morgan fingerprint density at radius 1 is 1.00 bits per heavy atom. The number of nitrogens with two attached hydrogens (primary N) is 1. The van der Waals surface area contributed by atoms with Gasteiger partial charge in [-0.25, -0.2) is 12.8 Å². The number of hydrogen-bond donors (Lipinski definition) is 1. The molecule has 0 radical (unpaired) electrons. The molecule has 0 aliphatic carbocycles. The summed E-state index contributed by atoms with van der Waals surface area (Å²) in [6.07, 6.45) is 0.489. The second-order valence-corrected chi connectivity index (χ2v) is 6.32. The maximum Gasteiger partial charge on any atom is 0.267 e. The standard InChI is InChI=1S/C15H17FN2O2S/c16-14-9-4-5-10-15(14)21(19,20)18(12-6-11-17)13-7-2-1-3-8-13/h1-5,7-10H,6,11-12,17H2. The van der Waals surface area contributed by atoms with E-state index >= 15 is 0 Å². The van der Waals surface area contributed by atoms with Gasteiger partial charge >= 0.3 is 0 Å². The molecule has 0 fully saturated rings. The van der Waals surface area contributed by atoms with Crippen molar-refractivity contribution in [3.05, 3.63) is 60.4 Å². The zero-order chi connectivity index (χ0) is 15.3. The fraction of sp³-hybridized carbons (Fsp3) is 0.200. The summed E-state index contributed by atoms with van der Waals surface area (Å²) in [4.78, 5) is -0.328. The highest BCUT2D eigenvalue weighted by atomic mass is 32.2. The third kappa shape index (κ3) is 3.40. The van der Waals surface area contributed by atoms with Crippen molar-refractivity contribution in [3.63, 3.8) is 0 Å². The van der Waals surface area contributed by atoms with Crippen LogP contribution < -0.4 is 10.0 Å². The molecule has 0 atom stereocenters. The molecule has 6 heteroatoms. The molecule has 0 unspecified atom stereocenters. The van der Waals surface area contributed by atoms with Crippen molar-refractivity contribution in [2.24, 2.45) is 5.73 Å². The average molecular weight is 308 g/mol. The number of hydrogen-bond acceptors (Lipinski definition) is 3. The van der Waals surface area contributed by atoms with Crippen molar-refractivity contribution in [2.75, 3.05) is 17.4 Å². The van der Waals surface area contributed by atoms with Crippen LogP contribution in [0.15, 0.2) is 59.5 Å². The Morgan fingerprint density at radius 2 is 1.62 bits per heavy atom. The first-order valence-electron chi connectivity index (χ1n) is 6.60. The van der Waals surface area contributed by atoms with Crippen LogP contribution in [0.4, 0.5) is 10.1 Å². The topological polar surface area (TPSA) is 63.4 Å². The molecule has 21 heavy (non-hydrogen) atoms. The average Bonchev–Trinajstić information content (AvgIpc) is 2.49. The van der Waals surface area contributed by atoms with E-state index in [0.717, 1.165) is 6.07 Å². The molecule has 2 aromatic carbocycles. The highest BCUT2D eigenvalue weighted by Gasteiger charge is 2.27. The van der Waals surface area contributed by atoms with Crippen LogP contribution in [0.5, 0.6) is 0 Å². The van der Waals surface area contributed by atoms with Crippen LogP contribution >= 0.6 is 0 Å². The van der Waals surface area contributed by atoms with Crippen LogP contribution in [0.25, 0.3) is 0 Å². The summed E-state index contributed by atoms with van der Waals surface area (Å²) in [5.74, 6) is -0.758. The van der Waals surface area contributed by atoms with Crippen molar-refractivity contribution in [1.82, 2.24) is 0 Å². The molecule has 2 aromatic rings. The maximum absolute atomic E-state index is 13.9. The number of rotatable bonds is 6. The molecule has 0 saturated heterocycles. The zero-order valence-electron chi connectivity index (χ0n) is 11.4. The number of para-hydroxylation sites is 1. The van der Waals surface area contributed by atoms with Gasteiger partial charge in [-0.1, -0.05) is 30.3 Å². The van der Waals surface area contributed by atoms with Crippen molar-refractivity contribution in [2.45, 2.75) is 11.3 Å². The molecule has 0 bridgehead atoms. The Morgan fingerprint density at radius 3 is 2.24 bits per heavy atom. The molecule has 0 amide bonds. The predicted molar refractivity (Wildman–Crippen MR) is 81.0 cm³/mol. The van der Waals surface area contributed by atoms with E-state index in [9.17, 15) is 12.8 Å². The van der Waals surface area contributed by atoms with Gasteiger partial charge < -0.3 is 5.73 Å². The number of halogens is 1. The van der Waals surface area contributed by atoms with Crippen molar-refractivity contribution >= 4 is 15.7 Å². The number of anilines is 1. The first kappa shape index (κ1) is 15.5. The van der Waals surface area contributed by atoms with E-state index in [1.165, 1.54) is 22.5 Å². The molecular weight excluding hydrogens is 291 g/mol. The quantitative estimate of drug-likeness (QED) is 0.891. The van der Waals surface area contributed by atoms with Crippen LogP contribution in [-0.4, -0.2) is 21.5 Å². The molecule has 0 aliphatic heterocycles. The summed E-state index contributed by atoms with van der Waals surface area (Å²) < 4.78 is 40.5. The van der Waals surface area contributed by atoms with Crippen LogP contribution in [0.1, 0.15) is 6.42 Å². The van der Waals surface area contributed by atoms with Gasteiger partial charge in [0, 0.05) is 6.54 Å². The number of nitrogens with zero attached hydrogens (tertiary/aromatic N) is 1. The molecular formula is C15H17FN2O2S. The fourth-order valence-electron chi connectivity index (χ4n) is 1.99. The van der Waals surface area contributed by atoms with Gasteiger partial charge in [0.25, 0.3) is 10.0 Å². The molecule has 0 saturated carbocycles. The Bertz CT molecular complexity index is 690. The summed E-state index contributed by atoms with van der Waals surface area (Å²) in [5.41, 5.74) is 5.97. The van der Waals surface area contributed by atoms with Gasteiger partial charge in [0.05, 0.1) is 5.69 Å². The molecule has 0 aromatic heterocycles. The molecule has 2 rings (SSSR count). The normalized spacial score (nSPS) is 11.3. The Labute approximate surface area is 124 Å². The summed E-state index contributed by atoms with van der Waals surface area (Å²) >= 11 is 0. The summed E-state index contributed by atoms with van der Waals surface area (Å²) in [5, 5.41) is 0. The molecule has 112 valence electrons. The lowest BCUT2D eigenvalue weighted by Crippen LogP contribution is -2.33. The van der Waals surface area contributed by atoms with Crippen molar-refractivity contribution in [3.8, 4) is 0 Å². The monoisotopic (exact) mass is 308 g/mol. The van der Waals surface area contributed by atoms with Gasteiger partial charge in [-0.2, -0.15) is 0 Å². The van der Waals surface area contributed by atoms with Gasteiger partial charge in [0.2, 0.25) is 0 Å². The highest BCUT2D eigenvalue weighted by molar-refractivity contribution is 7.92. The van der Waals surface area contributed by atoms with Gasteiger partial charge in [-0.3, -0.25) is 4.31 Å². The lowest BCUT2D eigenvalue weighted by atomic mass is 10.3. The molecule has 4 nitrogen and oxygen atoms in total. The molecule has 0 aliphatic rings. The minimum Gasteiger partial charge on any atom is -0.330 e. The number of benzene rings is 2. The van der Waals surface area contributed by atoms with Gasteiger partial charge in [0.1, 0.15) is 10.7 Å². The zero-order valence-corrected chi connectivity index (χ0v) is 12.3. The van der Waals surface area contributed by atoms with E-state index < -0.39 is 15.8 Å². The third-order valence-electron chi connectivity index (χ3n) is 3.01. The lowest BCUT2D eigenvalue weighted by Gasteiger charge is -2.24. The minimum atomic E-state index is -3.95. The lowest BCUT2D eigenvalue weighted by molar-refractivity contribution is 0.563. The summed E-state index contributed by atoms with van der Waals surface area (Å²) in [6, 6.07) is 14.0. The van der Waals surface area contributed by atoms with Crippen molar-refractivity contribution < 1.29 is 12.8 Å². The maximum atomic E-state index is 13.9. The van der Waals surface area contributed by atoms with E-state index in [0.29, 0.717) is 18.7 Å². The van der Waals surface area contributed by atoms with E-state index in [2.05, 4.69) is 0 Å². The first-order valence-corrected chi connectivity index (χ1v) is 8.04. The second-order valence-electron chi connectivity index (χ2n) is 4.49. The smallest absolute Gasteiger partial charge is 0.267 e. The molecule has 0 spiro atoms. The fourth-order valence-corrected chi connectivity index (χ4v) is 3.56. The summed E-state index contributed by atoms with van der Waals surface area (Å²) in [6.45, 7) is 0.563. The highest BCUT2D eigenvalue weighted by Crippen LogP contribution is 2.25. The van der Waals surface area contributed by atoms with E-state index in [4.69, 9.17) is 5.73 Å². The van der Waals surface area contributed by atoms with Crippen LogP contribution in [0.2, 0.25) is 0 Å². The Hall–Kier alpha value is -1.92. The summed E-state index contributed by atoms with van der Waals surface area (Å²) in [7, 11) is -3.95. The largest absolute Gasteiger partial charge is 0.330 e. The van der Waals surface area contributed by atoms with E-state index in [1.807, 2.05) is 0 Å². The van der Waals surface area contributed by atoms with Crippen molar-refractivity contribution in [1.29, 1.82) is 0 Å². The van der Waals surface area contributed by atoms with Crippen LogP contribution in [0.3, 0.4) is 0 Å². The minimum absolute atomic E-state index is 0.206. The van der Waals surface area contributed by atoms with Gasteiger partial charge in [-0.15, -0.1) is 0 Å². The van der Waals surface area contributed by atoms with Gasteiger partial charge in [-0.05, 0) is 37.2 Å². The SMILES string of the molecule is NCCCN(c1ccccc1)S(=O)(=O)c1ccccc1F. The third-order valence-corrected chi connectivity index (χ3v) is 4.87. The Balaban J connectivity index is 2.48. The van der Waals surface area contributed by atoms with Gasteiger partial charge in [0.15, 0.2) is 0 Å². The number of sulfonamides is 1.